The number of allylic oxidation sites excluding steroid dienone is 1. The lowest BCUT2D eigenvalue weighted by Gasteiger charge is -2.31. The molecule has 0 spiro atoms. The summed E-state index contributed by atoms with van der Waals surface area (Å²) in [6.07, 6.45) is -0.254. The van der Waals surface area contributed by atoms with Gasteiger partial charge in [-0.3, -0.25) is 4.79 Å². The second-order valence-corrected chi connectivity index (χ2v) is 5.04. The van der Waals surface area contributed by atoms with Crippen LogP contribution in [0.3, 0.4) is 0 Å². The third-order valence-electron chi connectivity index (χ3n) is 3.42. The Morgan fingerprint density at radius 2 is 2.09 bits per heavy atom. The third-order valence-corrected chi connectivity index (χ3v) is 3.42. The van der Waals surface area contributed by atoms with Gasteiger partial charge in [-0.1, -0.05) is 13.0 Å². The van der Waals surface area contributed by atoms with Gasteiger partial charge >= 0.3 is 0 Å². The summed E-state index contributed by atoms with van der Waals surface area (Å²) < 4.78 is 30.6. The van der Waals surface area contributed by atoms with Crippen molar-refractivity contribution in [2.75, 3.05) is 13.2 Å². The first-order valence-corrected chi connectivity index (χ1v) is 6.92. The molecule has 1 aromatic rings. The van der Waals surface area contributed by atoms with Crippen LogP contribution in [-0.2, 0) is 4.79 Å². The van der Waals surface area contributed by atoms with Gasteiger partial charge in [-0.25, -0.2) is 8.78 Å². The molecule has 0 N–H and O–H groups in total. The fourth-order valence-corrected chi connectivity index (χ4v) is 2.32. The molecule has 0 bridgehead atoms. The zero-order chi connectivity index (χ0) is 16.1. The monoisotopic (exact) mass is 306 g/mol. The van der Waals surface area contributed by atoms with Crippen LogP contribution in [0.1, 0.15) is 18.9 Å². The molecule has 4 nitrogen and oxygen atoms in total. The van der Waals surface area contributed by atoms with Crippen LogP contribution in [-0.4, -0.2) is 30.4 Å². The summed E-state index contributed by atoms with van der Waals surface area (Å²) in [5.41, 5.74) is 1.17. The number of halogens is 2. The molecular weight excluding hydrogens is 290 g/mol. The number of nitriles is 1. The van der Waals surface area contributed by atoms with E-state index >= 15 is 0 Å². The second kappa shape index (κ2) is 7.03. The minimum atomic E-state index is -2.59. The Kier molecular flexibility index (Phi) is 5.10. The Morgan fingerprint density at radius 3 is 2.68 bits per heavy atom. The Morgan fingerprint density at radius 1 is 1.41 bits per heavy atom. The van der Waals surface area contributed by atoms with Crippen LogP contribution in [0.5, 0.6) is 5.75 Å². The van der Waals surface area contributed by atoms with E-state index < -0.39 is 13.0 Å². The van der Waals surface area contributed by atoms with Crippen molar-refractivity contribution in [3.05, 3.63) is 35.9 Å². The molecular formula is C16H16F2N2O2. The van der Waals surface area contributed by atoms with E-state index in [0.717, 1.165) is 4.90 Å². The molecule has 0 saturated carbocycles. The number of carbonyl (C=O) groups is 1. The number of benzene rings is 1. The van der Waals surface area contributed by atoms with Gasteiger partial charge < -0.3 is 9.64 Å². The topological polar surface area (TPSA) is 53.3 Å². The van der Waals surface area contributed by atoms with Gasteiger partial charge in [-0.05, 0) is 36.2 Å². The van der Waals surface area contributed by atoms with Crippen molar-refractivity contribution >= 4 is 11.6 Å². The predicted molar refractivity (Wildman–Crippen MR) is 77.0 cm³/mol. The van der Waals surface area contributed by atoms with Crippen molar-refractivity contribution in [1.82, 2.24) is 4.90 Å². The molecule has 1 unspecified atom stereocenters. The molecule has 2 rings (SSSR count). The van der Waals surface area contributed by atoms with E-state index in [1.807, 2.05) is 6.07 Å². The summed E-state index contributed by atoms with van der Waals surface area (Å²) in [5.74, 6) is -0.0647. The molecule has 22 heavy (non-hydrogen) atoms. The normalized spacial score (nSPS) is 18.1. The number of hydrogen-bond donors (Lipinski definition) is 0. The van der Waals surface area contributed by atoms with Crippen molar-refractivity contribution in [3.63, 3.8) is 0 Å². The number of hydrogen-bond acceptors (Lipinski definition) is 3. The van der Waals surface area contributed by atoms with Gasteiger partial charge in [-0.15, -0.1) is 0 Å². The molecule has 0 radical (unpaired) electrons. The van der Waals surface area contributed by atoms with Crippen molar-refractivity contribution in [3.8, 4) is 11.8 Å². The number of ether oxygens (including phenoxy) is 1. The van der Waals surface area contributed by atoms with Crippen LogP contribution in [0, 0.1) is 17.2 Å². The maximum atomic E-state index is 12.7. The predicted octanol–water partition coefficient (Wildman–Crippen LogP) is 3.06. The summed E-state index contributed by atoms with van der Waals surface area (Å²) in [5, 5.41) is 8.46. The zero-order valence-corrected chi connectivity index (χ0v) is 12.1. The summed E-state index contributed by atoms with van der Waals surface area (Å²) >= 11 is 0. The van der Waals surface area contributed by atoms with E-state index in [1.54, 1.807) is 37.3 Å². The number of carbonyl (C=O) groups excluding carboxylic acids is 1. The molecule has 0 saturated heterocycles. The summed E-state index contributed by atoms with van der Waals surface area (Å²) in [6.45, 7) is 1.06. The quantitative estimate of drug-likeness (QED) is 0.840. The van der Waals surface area contributed by atoms with Crippen LogP contribution in [0.4, 0.5) is 8.78 Å². The minimum Gasteiger partial charge on any atom is -0.479 e. The molecule has 116 valence electrons. The van der Waals surface area contributed by atoms with Crippen molar-refractivity contribution in [2.24, 2.45) is 5.92 Å². The molecule has 1 aliphatic rings. The highest BCUT2D eigenvalue weighted by Crippen LogP contribution is 2.30. The summed E-state index contributed by atoms with van der Waals surface area (Å²) in [4.78, 5) is 13.3. The smallest absolute Gasteiger partial charge is 0.256 e. The van der Waals surface area contributed by atoms with Gasteiger partial charge in [0.2, 0.25) is 5.91 Å². The SMILES string of the molecule is CC1CC=C(c2ccc(OCC#N)cc2)N(CC(F)F)C1=O. The van der Waals surface area contributed by atoms with Crippen molar-refractivity contribution < 1.29 is 18.3 Å². The standard InChI is InChI=1S/C16H16F2N2O2/c1-11-2-7-14(20(16(11)21)10-15(17)18)12-3-5-13(6-4-12)22-9-8-19/h3-7,11,15H,2,9-10H2,1H3. The molecule has 1 atom stereocenters. The molecule has 6 heteroatoms. The first-order chi connectivity index (χ1) is 10.5. The highest BCUT2D eigenvalue weighted by atomic mass is 19.3. The third kappa shape index (κ3) is 3.61. The van der Waals surface area contributed by atoms with E-state index in [0.29, 0.717) is 23.4 Å². The van der Waals surface area contributed by atoms with Gasteiger partial charge in [0.05, 0.1) is 6.54 Å². The van der Waals surface area contributed by atoms with Gasteiger partial charge in [0, 0.05) is 11.6 Å². The fraction of sp³-hybridized carbons (Fsp3) is 0.375. The van der Waals surface area contributed by atoms with Gasteiger partial charge in [0.25, 0.3) is 6.43 Å². The lowest BCUT2D eigenvalue weighted by Crippen LogP contribution is -2.39. The van der Waals surface area contributed by atoms with E-state index in [9.17, 15) is 13.6 Å². The van der Waals surface area contributed by atoms with Crippen molar-refractivity contribution in [2.45, 2.75) is 19.8 Å². The molecule has 0 fully saturated rings. The molecule has 0 aliphatic carbocycles. The first kappa shape index (κ1) is 16.0. The second-order valence-electron chi connectivity index (χ2n) is 5.04. The molecule has 1 aliphatic heterocycles. The lowest BCUT2D eigenvalue weighted by atomic mass is 9.97. The lowest BCUT2D eigenvalue weighted by molar-refractivity contribution is -0.133. The minimum absolute atomic E-state index is 0.0600. The van der Waals surface area contributed by atoms with Gasteiger partial charge in [0.15, 0.2) is 6.61 Å². The number of alkyl halides is 2. The number of amides is 1. The number of rotatable bonds is 5. The van der Waals surface area contributed by atoms with E-state index in [-0.39, 0.29) is 18.4 Å². The Bertz CT molecular complexity index is 606. The first-order valence-electron chi connectivity index (χ1n) is 6.92. The maximum absolute atomic E-state index is 12.7. The summed E-state index contributed by atoms with van der Waals surface area (Å²) in [6, 6.07) is 8.55. The Labute approximate surface area is 127 Å². The molecule has 1 aromatic carbocycles. The highest BCUT2D eigenvalue weighted by Gasteiger charge is 2.30. The van der Waals surface area contributed by atoms with Crippen LogP contribution < -0.4 is 4.74 Å². The van der Waals surface area contributed by atoms with E-state index in [1.165, 1.54) is 0 Å². The van der Waals surface area contributed by atoms with Crippen LogP contribution in [0.25, 0.3) is 5.70 Å². The maximum Gasteiger partial charge on any atom is 0.256 e. The molecule has 1 amide bonds. The van der Waals surface area contributed by atoms with Crippen LogP contribution in [0.2, 0.25) is 0 Å². The Hall–Kier alpha value is -2.42. The Balaban J connectivity index is 2.24. The summed E-state index contributed by atoms with van der Waals surface area (Å²) in [7, 11) is 0. The average molecular weight is 306 g/mol. The van der Waals surface area contributed by atoms with Gasteiger partial charge in [0.1, 0.15) is 11.8 Å². The highest BCUT2D eigenvalue weighted by molar-refractivity contribution is 5.90. The molecule has 0 aromatic heterocycles. The van der Waals surface area contributed by atoms with Crippen molar-refractivity contribution in [1.29, 1.82) is 5.26 Å². The average Bonchev–Trinajstić information content (AvgIpc) is 2.50. The van der Waals surface area contributed by atoms with Crippen LogP contribution in [0.15, 0.2) is 30.3 Å². The number of nitrogens with zero attached hydrogens (tertiary/aromatic N) is 2. The van der Waals surface area contributed by atoms with Gasteiger partial charge in [-0.2, -0.15) is 5.26 Å². The van der Waals surface area contributed by atoms with E-state index in [4.69, 9.17) is 10.00 Å². The largest absolute Gasteiger partial charge is 0.479 e. The molecule has 1 heterocycles. The van der Waals surface area contributed by atoms with E-state index in [2.05, 4.69) is 0 Å². The zero-order valence-electron chi connectivity index (χ0n) is 12.1. The van der Waals surface area contributed by atoms with Crippen LogP contribution >= 0.6 is 0 Å². The fourth-order valence-electron chi connectivity index (χ4n) is 2.32.